The van der Waals surface area contributed by atoms with E-state index < -0.39 is 17.5 Å². The van der Waals surface area contributed by atoms with Crippen LogP contribution in [-0.2, 0) is 0 Å². The number of benzene rings is 1. The van der Waals surface area contributed by atoms with Crippen molar-refractivity contribution in [1.82, 2.24) is 14.6 Å². The van der Waals surface area contributed by atoms with Gasteiger partial charge in [-0.2, -0.15) is 0 Å². The second-order valence-corrected chi connectivity index (χ2v) is 8.51. The first kappa shape index (κ1) is 19.0. The number of nitrogens with zero attached hydrogens (tertiary/aromatic N) is 3. The molecule has 3 aromatic heterocycles. The van der Waals surface area contributed by atoms with E-state index in [4.69, 9.17) is 12.2 Å². The van der Waals surface area contributed by atoms with Gasteiger partial charge in [-0.15, -0.1) is 11.3 Å². The Hall–Kier alpha value is -3.04. The van der Waals surface area contributed by atoms with E-state index in [2.05, 4.69) is 15.4 Å². The first-order valence-corrected chi connectivity index (χ1v) is 10.5. The summed E-state index contributed by atoms with van der Waals surface area (Å²) in [5, 5.41) is 2.26. The monoisotopic (exact) mass is 440 g/mol. The summed E-state index contributed by atoms with van der Waals surface area (Å²) >= 11 is 6.41. The van der Waals surface area contributed by atoms with E-state index in [0.29, 0.717) is 16.9 Å². The van der Waals surface area contributed by atoms with E-state index in [1.54, 1.807) is 18.3 Å². The van der Waals surface area contributed by atoms with E-state index in [9.17, 15) is 13.6 Å². The zero-order valence-corrected chi connectivity index (χ0v) is 17.1. The maximum Gasteiger partial charge on any atom is 0.272 e. The van der Waals surface area contributed by atoms with Crippen molar-refractivity contribution in [2.24, 2.45) is 0 Å². The van der Waals surface area contributed by atoms with Crippen molar-refractivity contribution in [2.75, 3.05) is 5.43 Å². The number of hydrogen-bond donors (Lipinski definition) is 1. The van der Waals surface area contributed by atoms with E-state index in [-0.39, 0.29) is 21.1 Å². The Morgan fingerprint density at radius 2 is 1.97 bits per heavy atom. The van der Waals surface area contributed by atoms with Gasteiger partial charge in [0.15, 0.2) is 9.60 Å². The quantitative estimate of drug-likeness (QED) is 0.430. The van der Waals surface area contributed by atoms with Crippen LogP contribution in [-0.4, -0.2) is 20.6 Å². The van der Waals surface area contributed by atoms with Gasteiger partial charge in [0.05, 0.1) is 22.5 Å². The molecular formula is C21H14F2N4OS2. The van der Waals surface area contributed by atoms with Crippen LogP contribution in [0.1, 0.15) is 34.8 Å². The molecule has 1 aliphatic carbocycles. The van der Waals surface area contributed by atoms with Crippen LogP contribution in [0.25, 0.3) is 22.3 Å². The highest BCUT2D eigenvalue weighted by molar-refractivity contribution is 7.73. The summed E-state index contributed by atoms with van der Waals surface area (Å²) < 4.78 is 30.2. The zero-order chi connectivity index (χ0) is 20.8. The molecule has 0 saturated heterocycles. The van der Waals surface area contributed by atoms with Crippen LogP contribution < -0.4 is 5.43 Å². The number of nitrogens with one attached hydrogen (secondary N) is 1. The summed E-state index contributed by atoms with van der Waals surface area (Å²) in [5.41, 5.74) is 4.28. The molecule has 1 N–H and O–H groups in total. The minimum Gasteiger partial charge on any atom is -0.267 e. The number of halogens is 2. The molecule has 5 nitrogen and oxygen atoms in total. The number of carbonyl (C=O) groups is 1. The minimum atomic E-state index is -0.733. The summed E-state index contributed by atoms with van der Waals surface area (Å²) in [6.07, 6.45) is 3.57. The summed E-state index contributed by atoms with van der Waals surface area (Å²) in [4.78, 5) is 22.1. The molecule has 1 aliphatic rings. The Kier molecular flexibility index (Phi) is 4.63. The second kappa shape index (κ2) is 7.33. The standard InChI is InChI=1S/C21H14F2N4OS2/c22-14-4-1-5-15(23)17(14)16-10-30-21(29)27(16)26-20(28)13-9-12-3-2-8-24-19(12)25-18(13)11-6-7-11/h1-5,8-11H,6-7H2,(H,26,28). The van der Waals surface area contributed by atoms with Crippen LogP contribution in [0.3, 0.4) is 0 Å². The van der Waals surface area contributed by atoms with Gasteiger partial charge in [0.2, 0.25) is 0 Å². The number of pyridine rings is 2. The van der Waals surface area contributed by atoms with Gasteiger partial charge in [0, 0.05) is 22.9 Å². The van der Waals surface area contributed by atoms with Crippen molar-refractivity contribution in [2.45, 2.75) is 18.8 Å². The molecule has 1 aromatic carbocycles. The van der Waals surface area contributed by atoms with Crippen LogP contribution >= 0.6 is 23.6 Å². The number of aromatic nitrogens is 3. The van der Waals surface area contributed by atoms with Gasteiger partial charge >= 0.3 is 0 Å². The van der Waals surface area contributed by atoms with E-state index >= 15 is 0 Å². The van der Waals surface area contributed by atoms with Gasteiger partial charge in [-0.3, -0.25) is 10.2 Å². The molecule has 5 rings (SSSR count). The first-order chi connectivity index (χ1) is 14.5. The number of fused-ring (bicyclic) bond motifs is 1. The normalized spacial score (nSPS) is 13.5. The molecular weight excluding hydrogens is 426 g/mol. The summed E-state index contributed by atoms with van der Waals surface area (Å²) in [6.45, 7) is 0. The number of thiazole rings is 1. The lowest BCUT2D eigenvalue weighted by atomic mass is 10.1. The van der Waals surface area contributed by atoms with Gasteiger partial charge < -0.3 is 0 Å². The van der Waals surface area contributed by atoms with E-state index in [0.717, 1.165) is 41.7 Å². The highest BCUT2D eigenvalue weighted by atomic mass is 32.1. The Labute approximate surface area is 179 Å². The van der Waals surface area contributed by atoms with Crippen LogP contribution in [0.5, 0.6) is 0 Å². The van der Waals surface area contributed by atoms with Crippen molar-refractivity contribution in [3.05, 3.63) is 74.8 Å². The molecule has 0 spiro atoms. The third-order valence-corrected chi connectivity index (χ3v) is 6.15. The molecule has 1 saturated carbocycles. The Balaban J connectivity index is 1.58. The average Bonchev–Trinajstić information content (AvgIpc) is 3.53. The van der Waals surface area contributed by atoms with Gasteiger partial charge in [-0.05, 0) is 55.4 Å². The van der Waals surface area contributed by atoms with Crippen molar-refractivity contribution in [3.8, 4) is 11.3 Å². The number of rotatable bonds is 4. The van der Waals surface area contributed by atoms with Crippen LogP contribution in [0, 0.1) is 15.6 Å². The van der Waals surface area contributed by atoms with Gasteiger partial charge in [0.1, 0.15) is 11.6 Å². The molecule has 0 radical (unpaired) electrons. The molecule has 4 aromatic rings. The molecule has 9 heteroatoms. The smallest absolute Gasteiger partial charge is 0.267 e. The number of carbonyl (C=O) groups excluding carboxylic acids is 1. The average molecular weight is 441 g/mol. The molecule has 30 heavy (non-hydrogen) atoms. The van der Waals surface area contributed by atoms with Gasteiger partial charge in [0.25, 0.3) is 5.91 Å². The van der Waals surface area contributed by atoms with Crippen molar-refractivity contribution in [1.29, 1.82) is 0 Å². The molecule has 150 valence electrons. The molecule has 0 atom stereocenters. The Morgan fingerprint density at radius 3 is 2.70 bits per heavy atom. The number of amides is 1. The molecule has 0 bridgehead atoms. The summed E-state index contributed by atoms with van der Waals surface area (Å²) in [6, 6.07) is 8.97. The van der Waals surface area contributed by atoms with Crippen LogP contribution in [0.4, 0.5) is 8.78 Å². The minimum absolute atomic E-state index is 0.150. The largest absolute Gasteiger partial charge is 0.272 e. The highest BCUT2D eigenvalue weighted by Gasteiger charge is 2.31. The van der Waals surface area contributed by atoms with Gasteiger partial charge in [-0.25, -0.2) is 23.4 Å². The number of hydrogen-bond acceptors (Lipinski definition) is 5. The van der Waals surface area contributed by atoms with E-state index in [1.165, 1.54) is 16.1 Å². The molecule has 0 aliphatic heterocycles. The second-order valence-electron chi connectivity index (χ2n) is 7.01. The van der Waals surface area contributed by atoms with Crippen LogP contribution in [0.2, 0.25) is 0 Å². The molecule has 0 unspecified atom stereocenters. The highest BCUT2D eigenvalue weighted by Crippen LogP contribution is 2.41. The third-order valence-electron chi connectivity index (χ3n) is 4.95. The van der Waals surface area contributed by atoms with E-state index in [1.807, 2.05) is 6.07 Å². The van der Waals surface area contributed by atoms with Gasteiger partial charge in [-0.1, -0.05) is 6.07 Å². The summed E-state index contributed by atoms with van der Waals surface area (Å²) in [5.74, 6) is -1.70. The lowest BCUT2D eigenvalue weighted by Gasteiger charge is -2.14. The fourth-order valence-electron chi connectivity index (χ4n) is 3.36. The SMILES string of the molecule is O=C(Nn1c(-c2c(F)cccc2F)csc1=S)c1cc2cccnc2nc1C1CC1. The first-order valence-electron chi connectivity index (χ1n) is 9.25. The van der Waals surface area contributed by atoms with Crippen molar-refractivity contribution < 1.29 is 13.6 Å². The van der Waals surface area contributed by atoms with Crippen LogP contribution in [0.15, 0.2) is 48.0 Å². The molecule has 3 heterocycles. The topological polar surface area (TPSA) is 59.8 Å². The maximum atomic E-state index is 14.3. The fraction of sp³-hybridized carbons (Fsp3) is 0.143. The molecule has 1 amide bonds. The predicted molar refractivity (Wildman–Crippen MR) is 114 cm³/mol. The maximum absolute atomic E-state index is 14.3. The zero-order valence-electron chi connectivity index (χ0n) is 15.4. The van der Waals surface area contributed by atoms with Crippen molar-refractivity contribution in [3.63, 3.8) is 0 Å². The Morgan fingerprint density at radius 1 is 1.20 bits per heavy atom. The van der Waals surface area contributed by atoms with Crippen molar-refractivity contribution >= 4 is 40.5 Å². The fourth-order valence-corrected chi connectivity index (χ4v) is 4.33. The lowest BCUT2D eigenvalue weighted by Crippen LogP contribution is -2.25. The summed E-state index contributed by atoms with van der Waals surface area (Å²) in [7, 11) is 0. The lowest BCUT2D eigenvalue weighted by molar-refractivity contribution is 0.101. The third kappa shape index (κ3) is 3.29. The molecule has 1 fully saturated rings. The predicted octanol–water partition coefficient (Wildman–Crippen LogP) is 5.43. The Bertz CT molecular complexity index is 1340.